The van der Waals surface area contributed by atoms with Gasteiger partial charge in [-0.3, -0.25) is 9.69 Å². The number of aromatic hydroxyl groups is 1. The van der Waals surface area contributed by atoms with Crippen molar-refractivity contribution in [2.24, 2.45) is 0 Å². The van der Waals surface area contributed by atoms with E-state index in [-0.39, 0.29) is 5.91 Å². The lowest BCUT2D eigenvalue weighted by molar-refractivity contribution is -0.114. The number of phenolic OH excluding ortho intramolecular Hbond substituents is 1. The molecule has 0 radical (unpaired) electrons. The van der Waals surface area contributed by atoms with E-state index in [1.54, 1.807) is 5.57 Å². The summed E-state index contributed by atoms with van der Waals surface area (Å²) < 4.78 is 0. The second kappa shape index (κ2) is 8.69. The van der Waals surface area contributed by atoms with E-state index in [0.29, 0.717) is 23.3 Å². The van der Waals surface area contributed by atoms with Gasteiger partial charge in [-0.25, -0.2) is 0 Å². The third-order valence-corrected chi connectivity index (χ3v) is 6.91. The molecule has 1 heterocycles. The van der Waals surface area contributed by atoms with Crippen LogP contribution in [0.5, 0.6) is 5.75 Å². The minimum atomic E-state index is -0.130. The zero-order valence-corrected chi connectivity index (χ0v) is 17.2. The van der Waals surface area contributed by atoms with Crippen LogP contribution >= 0.6 is 0 Å². The van der Waals surface area contributed by atoms with Crippen molar-refractivity contribution in [1.82, 2.24) is 4.90 Å². The van der Waals surface area contributed by atoms with E-state index < -0.39 is 0 Å². The van der Waals surface area contributed by atoms with Gasteiger partial charge >= 0.3 is 0 Å². The van der Waals surface area contributed by atoms with Gasteiger partial charge < -0.3 is 10.4 Å². The van der Waals surface area contributed by atoms with E-state index in [4.69, 9.17) is 0 Å². The minimum Gasteiger partial charge on any atom is -0.505 e. The van der Waals surface area contributed by atoms with Gasteiger partial charge in [-0.15, -0.1) is 0 Å². The summed E-state index contributed by atoms with van der Waals surface area (Å²) in [5, 5.41) is 13.8. The average Bonchev–Trinajstić information content (AvgIpc) is 3.38. The van der Waals surface area contributed by atoms with Crippen molar-refractivity contribution < 1.29 is 9.90 Å². The summed E-state index contributed by atoms with van der Waals surface area (Å²) in [6, 6.07) is 4.08. The van der Waals surface area contributed by atoms with Crippen molar-refractivity contribution in [3.05, 3.63) is 34.9 Å². The number of nitrogens with one attached hydrogen (secondary N) is 1. The molecule has 1 aliphatic heterocycles. The van der Waals surface area contributed by atoms with Crippen molar-refractivity contribution in [2.75, 3.05) is 25.0 Å². The van der Waals surface area contributed by atoms with Crippen molar-refractivity contribution in [2.45, 2.75) is 76.5 Å². The fraction of sp³-hybridized carbons (Fsp3) is 0.625. The van der Waals surface area contributed by atoms with Gasteiger partial charge in [-0.2, -0.15) is 0 Å². The molecule has 4 nitrogen and oxygen atoms in total. The highest BCUT2D eigenvalue weighted by molar-refractivity contribution is 5.90. The number of carbonyl (C=O) groups is 1. The Hall–Kier alpha value is -1.81. The van der Waals surface area contributed by atoms with Crippen molar-refractivity contribution in [3.8, 4) is 5.75 Å². The lowest BCUT2D eigenvalue weighted by Gasteiger charge is -2.34. The number of allylic oxidation sites excluding steroid dienone is 1. The number of likely N-dealkylation sites (tertiary alicyclic amines) is 1. The first-order valence-electron chi connectivity index (χ1n) is 11.2. The highest BCUT2D eigenvalue weighted by Crippen LogP contribution is 2.47. The maximum atomic E-state index is 11.5. The van der Waals surface area contributed by atoms with E-state index in [2.05, 4.69) is 22.4 Å². The van der Waals surface area contributed by atoms with Crippen LogP contribution in [0.4, 0.5) is 5.69 Å². The third kappa shape index (κ3) is 4.27. The first kappa shape index (κ1) is 19.5. The highest BCUT2D eigenvalue weighted by Gasteiger charge is 2.30. The van der Waals surface area contributed by atoms with E-state index >= 15 is 0 Å². The van der Waals surface area contributed by atoms with Crippen LogP contribution in [0, 0.1) is 0 Å². The molecular weight excluding hydrogens is 348 g/mol. The van der Waals surface area contributed by atoms with Crippen molar-refractivity contribution in [3.63, 3.8) is 0 Å². The Bertz CT molecular complexity index is 741. The molecule has 3 aliphatic rings. The molecule has 1 saturated heterocycles. The fourth-order valence-electron chi connectivity index (χ4n) is 5.48. The summed E-state index contributed by atoms with van der Waals surface area (Å²) in [5.41, 5.74) is 4.66. The van der Waals surface area contributed by atoms with Gasteiger partial charge in [0.15, 0.2) is 0 Å². The number of phenols is 1. The second-order valence-electron chi connectivity index (χ2n) is 8.93. The van der Waals surface area contributed by atoms with E-state index in [9.17, 15) is 9.90 Å². The van der Waals surface area contributed by atoms with Crippen molar-refractivity contribution in [1.29, 1.82) is 0 Å². The first-order valence-corrected chi connectivity index (χ1v) is 11.2. The molecular formula is C24H34N2O2. The number of benzene rings is 1. The van der Waals surface area contributed by atoms with Gasteiger partial charge in [0.05, 0.1) is 5.69 Å². The molecule has 1 amide bonds. The maximum absolute atomic E-state index is 11.5. The maximum Gasteiger partial charge on any atom is 0.221 e. The van der Waals surface area contributed by atoms with Crippen LogP contribution < -0.4 is 5.32 Å². The molecule has 4 heteroatoms. The summed E-state index contributed by atoms with van der Waals surface area (Å²) in [4.78, 5) is 14.1. The number of rotatable bonds is 5. The Morgan fingerprint density at radius 1 is 1.11 bits per heavy atom. The molecule has 1 aromatic rings. The van der Waals surface area contributed by atoms with E-state index in [1.165, 1.54) is 44.6 Å². The molecule has 1 saturated carbocycles. The van der Waals surface area contributed by atoms with Crippen LogP contribution in [-0.4, -0.2) is 35.5 Å². The highest BCUT2D eigenvalue weighted by atomic mass is 16.3. The van der Waals surface area contributed by atoms with Crippen LogP contribution in [-0.2, 0) is 4.79 Å². The Morgan fingerprint density at radius 2 is 1.86 bits per heavy atom. The van der Waals surface area contributed by atoms with Gasteiger partial charge in [0.1, 0.15) is 5.75 Å². The third-order valence-electron chi connectivity index (χ3n) is 6.91. The average molecular weight is 383 g/mol. The van der Waals surface area contributed by atoms with Crippen LogP contribution in [0.25, 0.3) is 0 Å². The molecule has 28 heavy (non-hydrogen) atoms. The number of hydrogen-bond acceptors (Lipinski definition) is 3. The molecule has 4 rings (SSSR count). The van der Waals surface area contributed by atoms with Crippen LogP contribution in [0.2, 0.25) is 0 Å². The molecule has 152 valence electrons. The summed E-state index contributed by atoms with van der Waals surface area (Å²) in [7, 11) is 0. The Balaban J connectivity index is 1.52. The molecule has 2 fully saturated rings. The smallest absolute Gasteiger partial charge is 0.221 e. The monoisotopic (exact) mass is 382 g/mol. The molecule has 1 aromatic carbocycles. The first-order chi connectivity index (χ1) is 13.6. The zero-order chi connectivity index (χ0) is 19.5. The number of nitrogens with zero attached hydrogens (tertiary/aromatic N) is 1. The number of anilines is 1. The van der Waals surface area contributed by atoms with Gasteiger partial charge in [-0.05, 0) is 81.5 Å². The lowest BCUT2D eigenvalue weighted by Crippen LogP contribution is -2.34. The Labute approximate surface area is 169 Å². The number of carbonyl (C=O) groups excluding carboxylic acids is 1. The summed E-state index contributed by atoms with van der Waals surface area (Å²) in [6.07, 6.45) is 13.4. The van der Waals surface area contributed by atoms with Crippen molar-refractivity contribution >= 4 is 11.6 Å². The predicted octanol–water partition coefficient (Wildman–Crippen LogP) is 5.30. The normalized spacial score (nSPS) is 21.8. The molecule has 0 spiro atoms. The molecule has 2 aliphatic carbocycles. The Kier molecular flexibility index (Phi) is 6.05. The largest absolute Gasteiger partial charge is 0.505 e. The topological polar surface area (TPSA) is 52.6 Å². The molecule has 0 bridgehead atoms. The Morgan fingerprint density at radius 3 is 2.50 bits per heavy atom. The molecule has 0 unspecified atom stereocenters. The van der Waals surface area contributed by atoms with Gasteiger partial charge in [0.2, 0.25) is 5.91 Å². The van der Waals surface area contributed by atoms with E-state index in [0.717, 1.165) is 50.9 Å². The van der Waals surface area contributed by atoms with Crippen LogP contribution in [0.3, 0.4) is 0 Å². The standard InChI is InChI=1S/C24H34N2O2/c1-17(27)25-22-11-10-21(23(24(22)28)20-8-4-5-9-20)19-12-14-26(15-13-19)16-18-6-2-3-7-18/h6,10-11,19-20,28H,2-5,7-9,12-16H2,1H3,(H,25,27). The number of hydrogen-bond donors (Lipinski definition) is 2. The van der Waals surface area contributed by atoms with Crippen LogP contribution in [0.15, 0.2) is 23.8 Å². The SMILES string of the molecule is CC(=O)Nc1ccc(C2CCN(CC3=CCCC3)CC2)c(C2CCCC2)c1O. The van der Waals surface area contributed by atoms with Gasteiger partial charge in [0.25, 0.3) is 0 Å². The second-order valence-corrected chi connectivity index (χ2v) is 8.93. The predicted molar refractivity (Wildman–Crippen MR) is 114 cm³/mol. The van der Waals surface area contributed by atoms with E-state index in [1.807, 2.05) is 6.07 Å². The number of amides is 1. The summed E-state index contributed by atoms with van der Waals surface area (Å²) >= 11 is 0. The quantitative estimate of drug-likeness (QED) is 0.537. The van der Waals surface area contributed by atoms with Gasteiger partial charge in [-0.1, -0.05) is 30.6 Å². The zero-order valence-electron chi connectivity index (χ0n) is 17.2. The molecule has 0 atom stereocenters. The van der Waals surface area contributed by atoms with Gasteiger partial charge in [0, 0.05) is 19.0 Å². The summed E-state index contributed by atoms with van der Waals surface area (Å²) in [5.74, 6) is 1.14. The van der Waals surface area contributed by atoms with Crippen LogP contribution in [0.1, 0.15) is 87.7 Å². The minimum absolute atomic E-state index is 0.130. The lowest BCUT2D eigenvalue weighted by atomic mass is 9.81. The number of piperidine rings is 1. The molecule has 2 N–H and O–H groups in total. The molecule has 0 aromatic heterocycles. The fourth-order valence-corrected chi connectivity index (χ4v) is 5.48. The summed E-state index contributed by atoms with van der Waals surface area (Å²) in [6.45, 7) is 4.92.